The Morgan fingerprint density at radius 3 is 2.76 bits per heavy atom. The van der Waals surface area contributed by atoms with Crippen LogP contribution in [-0.2, 0) is 7.05 Å². The van der Waals surface area contributed by atoms with Gasteiger partial charge in [0.15, 0.2) is 11.2 Å². The summed E-state index contributed by atoms with van der Waals surface area (Å²) in [6.45, 7) is 0. The van der Waals surface area contributed by atoms with E-state index < -0.39 is 5.91 Å². The molecule has 7 heteroatoms. The Balaban J connectivity index is 1.70. The van der Waals surface area contributed by atoms with E-state index in [2.05, 4.69) is 10.5 Å². The molecule has 0 unspecified atom stereocenters. The van der Waals surface area contributed by atoms with Crippen LogP contribution in [0.2, 0.25) is 0 Å². The van der Waals surface area contributed by atoms with Gasteiger partial charge in [0, 0.05) is 13.1 Å². The van der Waals surface area contributed by atoms with Gasteiger partial charge in [-0.1, -0.05) is 35.6 Å². The summed E-state index contributed by atoms with van der Waals surface area (Å²) in [7, 11) is 1.87. The molecule has 4 aromatic rings. The van der Waals surface area contributed by atoms with E-state index in [1.54, 1.807) is 24.3 Å². The number of amides is 1. The van der Waals surface area contributed by atoms with Gasteiger partial charge >= 0.3 is 5.91 Å². The molecule has 0 fully saturated rings. The number of nitrogens with one attached hydrogen (secondary N) is 1. The lowest BCUT2D eigenvalue weighted by molar-refractivity contribution is 0.0926. The average Bonchev–Trinajstić information content (AvgIpc) is 2.96. The van der Waals surface area contributed by atoms with Gasteiger partial charge in [-0.15, -0.1) is 5.10 Å². The van der Waals surface area contributed by atoms with Crippen molar-refractivity contribution in [1.29, 1.82) is 0 Å². The van der Waals surface area contributed by atoms with Crippen LogP contribution in [0.3, 0.4) is 0 Å². The highest BCUT2D eigenvalue weighted by Gasteiger charge is 2.12. The number of nitrogens with zero attached hydrogens (tertiary/aromatic N) is 2. The number of rotatable bonds is 2. The maximum atomic E-state index is 12.3. The minimum Gasteiger partial charge on any atom is -0.451 e. The summed E-state index contributed by atoms with van der Waals surface area (Å²) in [6, 6.07) is 15.8. The second-order valence-corrected chi connectivity index (χ2v) is 6.44. The molecule has 2 aromatic heterocycles. The Morgan fingerprint density at radius 1 is 1.16 bits per heavy atom. The Morgan fingerprint density at radius 2 is 1.92 bits per heavy atom. The number of aromatic nitrogens is 1. The van der Waals surface area contributed by atoms with Gasteiger partial charge in [-0.3, -0.25) is 9.59 Å². The average molecular weight is 351 g/mol. The number of carbonyl (C=O) groups excluding carboxylic acids is 1. The van der Waals surface area contributed by atoms with Gasteiger partial charge < -0.3 is 8.98 Å². The monoisotopic (exact) mass is 351 g/mol. The van der Waals surface area contributed by atoms with Crippen molar-refractivity contribution in [3.8, 4) is 0 Å². The molecule has 0 saturated heterocycles. The van der Waals surface area contributed by atoms with Gasteiger partial charge in [0.25, 0.3) is 0 Å². The topological polar surface area (TPSA) is 76.6 Å². The molecule has 0 aliphatic carbocycles. The first-order chi connectivity index (χ1) is 12.1. The predicted octanol–water partition coefficient (Wildman–Crippen LogP) is 2.59. The van der Waals surface area contributed by atoms with Crippen LogP contribution in [0, 0.1) is 0 Å². The normalized spacial score (nSPS) is 12.0. The summed E-state index contributed by atoms with van der Waals surface area (Å²) >= 11 is 1.46. The molecule has 124 valence electrons. The van der Waals surface area contributed by atoms with Crippen molar-refractivity contribution in [2.75, 3.05) is 0 Å². The molecule has 0 aliphatic rings. The van der Waals surface area contributed by atoms with E-state index in [9.17, 15) is 9.59 Å². The van der Waals surface area contributed by atoms with Crippen LogP contribution < -0.4 is 15.7 Å². The van der Waals surface area contributed by atoms with Gasteiger partial charge in [-0.2, -0.15) is 0 Å². The highest BCUT2D eigenvalue weighted by molar-refractivity contribution is 7.16. The van der Waals surface area contributed by atoms with E-state index in [0.29, 0.717) is 15.8 Å². The first-order valence-electron chi connectivity index (χ1n) is 7.55. The second-order valence-electron chi connectivity index (χ2n) is 5.44. The van der Waals surface area contributed by atoms with E-state index in [1.807, 2.05) is 35.9 Å². The van der Waals surface area contributed by atoms with E-state index in [0.717, 1.165) is 10.2 Å². The molecule has 1 N–H and O–H groups in total. The summed E-state index contributed by atoms with van der Waals surface area (Å²) in [5.41, 5.74) is 3.58. The van der Waals surface area contributed by atoms with Gasteiger partial charge in [0.2, 0.25) is 4.80 Å². The SMILES string of the molecule is Cn1c(=NNC(=O)c2cc(=O)c3ccccc3o2)sc2ccccc21. The maximum Gasteiger partial charge on any atom is 0.307 e. The van der Waals surface area contributed by atoms with E-state index in [1.165, 1.54) is 17.4 Å². The van der Waals surface area contributed by atoms with E-state index >= 15 is 0 Å². The predicted molar refractivity (Wildman–Crippen MR) is 96.3 cm³/mol. The van der Waals surface area contributed by atoms with Crippen LogP contribution in [-0.4, -0.2) is 10.5 Å². The first kappa shape index (κ1) is 15.3. The number of hydrogen-bond acceptors (Lipinski definition) is 5. The van der Waals surface area contributed by atoms with Gasteiger partial charge in [-0.05, 0) is 24.3 Å². The Kier molecular flexibility index (Phi) is 3.70. The third-order valence-corrected chi connectivity index (χ3v) is 4.94. The quantitative estimate of drug-likeness (QED) is 0.564. The lowest BCUT2D eigenvalue weighted by Gasteiger charge is -2.01. The molecular formula is C18H13N3O3S. The third-order valence-electron chi connectivity index (χ3n) is 3.83. The number of fused-ring (bicyclic) bond motifs is 2. The van der Waals surface area contributed by atoms with Crippen molar-refractivity contribution in [2.24, 2.45) is 12.1 Å². The highest BCUT2D eigenvalue weighted by atomic mass is 32.1. The summed E-state index contributed by atoms with van der Waals surface area (Å²) < 4.78 is 8.46. The molecule has 0 spiro atoms. The number of para-hydroxylation sites is 2. The molecule has 2 aromatic carbocycles. The minimum atomic E-state index is -0.569. The highest BCUT2D eigenvalue weighted by Crippen LogP contribution is 2.15. The van der Waals surface area contributed by atoms with Crippen molar-refractivity contribution >= 4 is 38.4 Å². The smallest absolute Gasteiger partial charge is 0.307 e. The van der Waals surface area contributed by atoms with Crippen LogP contribution in [0.4, 0.5) is 0 Å². The summed E-state index contributed by atoms with van der Waals surface area (Å²) in [5, 5.41) is 4.59. The first-order valence-corrected chi connectivity index (χ1v) is 8.36. The van der Waals surface area contributed by atoms with Crippen LogP contribution in [0.25, 0.3) is 21.2 Å². The molecule has 25 heavy (non-hydrogen) atoms. The summed E-state index contributed by atoms with van der Waals surface area (Å²) in [6.07, 6.45) is 0. The molecule has 1 amide bonds. The largest absolute Gasteiger partial charge is 0.451 e. The fraction of sp³-hybridized carbons (Fsp3) is 0.0556. The zero-order valence-corrected chi connectivity index (χ0v) is 14.0. The molecule has 0 aliphatic heterocycles. The van der Waals surface area contributed by atoms with Gasteiger partial charge in [-0.25, -0.2) is 5.43 Å². The van der Waals surface area contributed by atoms with Crippen LogP contribution in [0.15, 0.2) is 68.9 Å². The number of aryl methyl sites for hydroxylation is 1. The van der Waals surface area contributed by atoms with Crippen molar-refractivity contribution < 1.29 is 9.21 Å². The maximum absolute atomic E-state index is 12.3. The number of carbonyl (C=O) groups is 1. The zero-order chi connectivity index (χ0) is 17.4. The summed E-state index contributed by atoms with van der Waals surface area (Å²) in [4.78, 5) is 25.0. The third kappa shape index (κ3) is 2.74. The second kappa shape index (κ2) is 6.03. The van der Waals surface area contributed by atoms with Crippen LogP contribution in [0.5, 0.6) is 0 Å². The molecule has 2 heterocycles. The molecule has 0 atom stereocenters. The van der Waals surface area contributed by atoms with Gasteiger partial charge in [0.05, 0.1) is 15.6 Å². The molecular weight excluding hydrogens is 338 g/mol. The molecule has 4 rings (SSSR count). The molecule has 6 nitrogen and oxygen atoms in total. The van der Waals surface area contributed by atoms with E-state index in [-0.39, 0.29) is 11.2 Å². The number of benzene rings is 2. The fourth-order valence-corrected chi connectivity index (χ4v) is 3.54. The van der Waals surface area contributed by atoms with Crippen molar-refractivity contribution in [2.45, 2.75) is 0 Å². The van der Waals surface area contributed by atoms with Gasteiger partial charge in [0.1, 0.15) is 5.58 Å². The molecule has 0 saturated carbocycles. The van der Waals surface area contributed by atoms with Crippen molar-refractivity contribution in [3.05, 3.63) is 75.4 Å². The minimum absolute atomic E-state index is 0.0729. The number of thiazole rings is 1. The lowest BCUT2D eigenvalue weighted by Crippen LogP contribution is -2.24. The van der Waals surface area contributed by atoms with Crippen molar-refractivity contribution in [1.82, 2.24) is 9.99 Å². The van der Waals surface area contributed by atoms with Crippen LogP contribution in [0.1, 0.15) is 10.6 Å². The Labute approximate surface area is 145 Å². The zero-order valence-electron chi connectivity index (χ0n) is 13.2. The Bertz CT molecular complexity index is 1230. The molecule has 0 radical (unpaired) electrons. The lowest BCUT2D eigenvalue weighted by atomic mass is 10.2. The van der Waals surface area contributed by atoms with Crippen LogP contribution >= 0.6 is 11.3 Å². The number of hydrogen-bond donors (Lipinski definition) is 1. The Hall–Kier alpha value is -3.19. The van der Waals surface area contributed by atoms with Crippen molar-refractivity contribution in [3.63, 3.8) is 0 Å². The standard InChI is InChI=1S/C18H13N3O3S/c1-21-12-7-3-5-9-16(12)25-18(21)20-19-17(23)15-10-13(22)11-6-2-4-8-14(11)24-15/h2-10H,1H3,(H,19,23). The summed E-state index contributed by atoms with van der Waals surface area (Å²) in [5.74, 6) is -0.642. The molecule has 0 bridgehead atoms. The fourth-order valence-electron chi connectivity index (χ4n) is 2.56. The van der Waals surface area contributed by atoms with E-state index in [4.69, 9.17) is 4.42 Å².